The van der Waals surface area contributed by atoms with Crippen LogP contribution in [0.2, 0.25) is 0 Å². The third-order valence-electron chi connectivity index (χ3n) is 4.62. The summed E-state index contributed by atoms with van der Waals surface area (Å²) in [5, 5.41) is 3.14. The number of likely N-dealkylation sites (tertiary alicyclic amines) is 1. The maximum absolute atomic E-state index is 12.5. The molecule has 1 aromatic rings. The number of piperidine rings is 1. The highest BCUT2D eigenvalue weighted by Crippen LogP contribution is 2.19. The Labute approximate surface area is 144 Å². The molecule has 1 saturated heterocycles. The van der Waals surface area contributed by atoms with Crippen LogP contribution in [0.25, 0.3) is 0 Å². The summed E-state index contributed by atoms with van der Waals surface area (Å²) in [6.45, 7) is 5.44. The van der Waals surface area contributed by atoms with Crippen LogP contribution in [0, 0.1) is 5.92 Å². The van der Waals surface area contributed by atoms with E-state index in [1.807, 2.05) is 43.0 Å². The highest BCUT2D eigenvalue weighted by molar-refractivity contribution is 7.80. The number of carbonyl (C=O) groups excluding carboxylic acids is 2. The third-order valence-corrected chi connectivity index (χ3v) is 5.01. The molecule has 1 N–H and O–H groups in total. The second-order valence-electron chi connectivity index (χ2n) is 6.11. The van der Waals surface area contributed by atoms with Crippen molar-refractivity contribution < 1.29 is 9.59 Å². The number of rotatable bonds is 5. The predicted molar refractivity (Wildman–Crippen MR) is 94.8 cm³/mol. The number of hydrogen-bond donors (Lipinski definition) is 2. The summed E-state index contributed by atoms with van der Waals surface area (Å²) in [6.07, 6.45) is 3.37. The molecule has 0 spiro atoms. The molecule has 2 amide bonds. The van der Waals surface area contributed by atoms with E-state index in [9.17, 15) is 9.59 Å². The van der Waals surface area contributed by atoms with Crippen LogP contribution in [0.15, 0.2) is 29.2 Å². The first-order chi connectivity index (χ1) is 11.1. The number of nitrogens with zero attached hydrogens (tertiary/aromatic N) is 1. The average Bonchev–Trinajstić information content (AvgIpc) is 2.56. The SMILES string of the molecule is CCC(CC)C(=O)NC1CCN(C(=O)c2ccccc2S)CC1. The maximum Gasteiger partial charge on any atom is 0.254 e. The van der Waals surface area contributed by atoms with Gasteiger partial charge in [-0.3, -0.25) is 9.59 Å². The molecule has 0 unspecified atom stereocenters. The Morgan fingerprint density at radius 3 is 2.39 bits per heavy atom. The van der Waals surface area contributed by atoms with Crippen molar-refractivity contribution in [3.05, 3.63) is 29.8 Å². The molecule has 0 bridgehead atoms. The molecular weight excluding hydrogens is 308 g/mol. The first kappa shape index (κ1) is 17.9. The Hall–Kier alpha value is -1.49. The van der Waals surface area contributed by atoms with Crippen molar-refractivity contribution in [2.75, 3.05) is 13.1 Å². The Balaban J connectivity index is 1.88. The van der Waals surface area contributed by atoms with E-state index in [4.69, 9.17) is 0 Å². The van der Waals surface area contributed by atoms with E-state index in [2.05, 4.69) is 17.9 Å². The smallest absolute Gasteiger partial charge is 0.254 e. The van der Waals surface area contributed by atoms with Crippen molar-refractivity contribution in [3.63, 3.8) is 0 Å². The fourth-order valence-electron chi connectivity index (χ4n) is 3.03. The van der Waals surface area contributed by atoms with Crippen molar-refractivity contribution >= 4 is 24.4 Å². The molecule has 1 aliphatic rings. The highest BCUT2D eigenvalue weighted by atomic mass is 32.1. The van der Waals surface area contributed by atoms with Crippen LogP contribution < -0.4 is 5.32 Å². The quantitative estimate of drug-likeness (QED) is 0.813. The second-order valence-corrected chi connectivity index (χ2v) is 6.59. The Kier molecular flexibility index (Phi) is 6.51. The minimum atomic E-state index is 0.0281. The Morgan fingerprint density at radius 2 is 1.83 bits per heavy atom. The normalized spacial score (nSPS) is 15.7. The van der Waals surface area contributed by atoms with Crippen LogP contribution in [0.5, 0.6) is 0 Å². The number of hydrogen-bond acceptors (Lipinski definition) is 3. The molecule has 4 nitrogen and oxygen atoms in total. The van der Waals surface area contributed by atoms with Gasteiger partial charge in [0.1, 0.15) is 0 Å². The minimum absolute atomic E-state index is 0.0281. The molecule has 2 rings (SSSR count). The molecule has 126 valence electrons. The highest BCUT2D eigenvalue weighted by Gasteiger charge is 2.26. The van der Waals surface area contributed by atoms with Crippen molar-refractivity contribution in [2.45, 2.75) is 50.5 Å². The number of nitrogens with one attached hydrogen (secondary N) is 1. The van der Waals surface area contributed by atoms with Crippen LogP contribution in [0.3, 0.4) is 0 Å². The van der Waals surface area contributed by atoms with Gasteiger partial charge in [0.25, 0.3) is 5.91 Å². The van der Waals surface area contributed by atoms with Gasteiger partial charge < -0.3 is 10.2 Å². The van der Waals surface area contributed by atoms with Crippen LogP contribution in [-0.2, 0) is 4.79 Å². The molecule has 0 saturated carbocycles. The summed E-state index contributed by atoms with van der Waals surface area (Å²) in [7, 11) is 0. The van der Waals surface area contributed by atoms with Gasteiger partial charge in [0, 0.05) is 29.9 Å². The molecule has 1 heterocycles. The van der Waals surface area contributed by atoms with Crippen molar-refractivity contribution in [2.24, 2.45) is 5.92 Å². The zero-order chi connectivity index (χ0) is 16.8. The van der Waals surface area contributed by atoms with Gasteiger partial charge in [-0.1, -0.05) is 26.0 Å². The predicted octanol–water partition coefficient (Wildman–Crippen LogP) is 3.13. The number of amides is 2. The Bertz CT molecular complexity index is 550. The lowest BCUT2D eigenvalue weighted by atomic mass is 9.99. The maximum atomic E-state index is 12.5. The summed E-state index contributed by atoms with van der Waals surface area (Å²) < 4.78 is 0. The zero-order valence-electron chi connectivity index (χ0n) is 13.9. The first-order valence-electron chi connectivity index (χ1n) is 8.44. The lowest BCUT2D eigenvalue weighted by Gasteiger charge is -2.33. The van der Waals surface area contributed by atoms with Gasteiger partial charge in [0.15, 0.2) is 0 Å². The van der Waals surface area contributed by atoms with Crippen LogP contribution in [-0.4, -0.2) is 35.8 Å². The Morgan fingerprint density at radius 1 is 1.22 bits per heavy atom. The van der Waals surface area contributed by atoms with E-state index in [0.29, 0.717) is 23.5 Å². The van der Waals surface area contributed by atoms with Crippen LogP contribution in [0.4, 0.5) is 0 Å². The summed E-state index contributed by atoms with van der Waals surface area (Å²) in [4.78, 5) is 27.3. The van der Waals surface area contributed by atoms with Gasteiger partial charge in [-0.25, -0.2) is 0 Å². The number of benzene rings is 1. The largest absolute Gasteiger partial charge is 0.353 e. The minimum Gasteiger partial charge on any atom is -0.353 e. The summed E-state index contributed by atoms with van der Waals surface area (Å²) >= 11 is 4.36. The number of thiol groups is 1. The summed E-state index contributed by atoms with van der Waals surface area (Å²) in [5.74, 6) is 0.284. The molecule has 1 fully saturated rings. The van der Waals surface area contributed by atoms with Crippen molar-refractivity contribution in [3.8, 4) is 0 Å². The van der Waals surface area contributed by atoms with E-state index in [1.165, 1.54) is 0 Å². The standard InChI is InChI=1S/C18H26N2O2S/c1-3-13(4-2)17(21)19-14-9-11-20(12-10-14)18(22)15-7-5-6-8-16(15)23/h5-8,13-14,23H,3-4,9-12H2,1-2H3,(H,19,21). The van der Waals surface area contributed by atoms with Gasteiger partial charge in [0.05, 0.1) is 5.56 Å². The first-order valence-corrected chi connectivity index (χ1v) is 8.89. The third kappa shape index (κ3) is 4.50. The molecule has 0 aliphatic carbocycles. The summed E-state index contributed by atoms with van der Waals surface area (Å²) in [6, 6.07) is 7.55. The van der Waals surface area contributed by atoms with Gasteiger partial charge in [-0.05, 0) is 37.8 Å². The van der Waals surface area contributed by atoms with Crippen LogP contribution in [0.1, 0.15) is 49.9 Å². The van der Waals surface area contributed by atoms with Gasteiger partial charge in [-0.2, -0.15) is 0 Å². The monoisotopic (exact) mass is 334 g/mol. The molecular formula is C18H26N2O2S. The molecule has 1 aromatic carbocycles. The van der Waals surface area contributed by atoms with Gasteiger partial charge in [0.2, 0.25) is 5.91 Å². The molecule has 0 aromatic heterocycles. The van der Waals surface area contributed by atoms with Gasteiger partial charge in [-0.15, -0.1) is 12.6 Å². The van der Waals surface area contributed by atoms with Crippen LogP contribution >= 0.6 is 12.6 Å². The molecule has 0 atom stereocenters. The van der Waals surface area contributed by atoms with E-state index in [0.717, 1.165) is 25.7 Å². The van der Waals surface area contributed by atoms with Gasteiger partial charge >= 0.3 is 0 Å². The lowest BCUT2D eigenvalue weighted by molar-refractivity contribution is -0.126. The number of carbonyl (C=O) groups is 2. The fraction of sp³-hybridized carbons (Fsp3) is 0.556. The van der Waals surface area contributed by atoms with E-state index >= 15 is 0 Å². The lowest BCUT2D eigenvalue weighted by Crippen LogP contribution is -2.47. The van der Waals surface area contributed by atoms with E-state index < -0.39 is 0 Å². The molecule has 23 heavy (non-hydrogen) atoms. The van der Waals surface area contributed by atoms with E-state index in [1.54, 1.807) is 0 Å². The average molecular weight is 334 g/mol. The van der Waals surface area contributed by atoms with Crippen molar-refractivity contribution in [1.29, 1.82) is 0 Å². The zero-order valence-corrected chi connectivity index (χ0v) is 14.8. The molecule has 5 heteroatoms. The molecule has 1 aliphatic heterocycles. The second kappa shape index (κ2) is 8.39. The van der Waals surface area contributed by atoms with Crippen molar-refractivity contribution in [1.82, 2.24) is 10.2 Å². The fourth-order valence-corrected chi connectivity index (χ4v) is 3.29. The topological polar surface area (TPSA) is 49.4 Å². The van der Waals surface area contributed by atoms with E-state index in [-0.39, 0.29) is 23.8 Å². The summed E-state index contributed by atoms with van der Waals surface area (Å²) in [5.41, 5.74) is 0.648. The molecule has 0 radical (unpaired) electrons.